The molecule has 2 aliphatic rings. The van der Waals surface area contributed by atoms with E-state index >= 15 is 0 Å². The first-order valence-corrected chi connectivity index (χ1v) is 8.55. The highest BCUT2D eigenvalue weighted by molar-refractivity contribution is 5.84. The van der Waals surface area contributed by atoms with Gasteiger partial charge in [0.05, 0.1) is 0 Å². The van der Waals surface area contributed by atoms with Gasteiger partial charge in [-0.3, -0.25) is 0 Å². The Labute approximate surface area is 140 Å². The molecule has 1 aromatic heterocycles. The Morgan fingerprint density at radius 3 is 2.92 bits per heavy atom. The van der Waals surface area contributed by atoms with Crippen LogP contribution in [-0.4, -0.2) is 11.8 Å². The quantitative estimate of drug-likeness (QED) is 0.700. The molecule has 3 nitrogen and oxygen atoms in total. The second-order valence-electron chi connectivity index (χ2n) is 6.55. The zero-order valence-electron chi connectivity index (χ0n) is 13.4. The van der Waals surface area contributed by atoms with Gasteiger partial charge in [-0.25, -0.2) is 0 Å². The summed E-state index contributed by atoms with van der Waals surface area (Å²) in [6, 6.07) is 14.8. The van der Waals surface area contributed by atoms with Crippen LogP contribution in [0.25, 0.3) is 16.5 Å². The predicted molar refractivity (Wildman–Crippen MR) is 95.4 cm³/mol. The van der Waals surface area contributed by atoms with E-state index in [-0.39, 0.29) is 0 Å². The standard InChI is InChI=1S/C21H19NO2/c1-2-7-19-17(6-1)18(12-22-19)16-5-3-4-14(10-16)15-8-9-20-21(11-15)24-13-23-20/h1-2,6-12,16,22H,3-5,13H2. The molecule has 1 atom stereocenters. The lowest BCUT2D eigenvalue weighted by Gasteiger charge is -2.21. The maximum atomic E-state index is 5.53. The molecular formula is C21H19NO2. The van der Waals surface area contributed by atoms with Crippen LogP contribution in [-0.2, 0) is 0 Å². The van der Waals surface area contributed by atoms with Crippen molar-refractivity contribution in [2.24, 2.45) is 0 Å². The van der Waals surface area contributed by atoms with E-state index in [1.165, 1.54) is 40.4 Å². The van der Waals surface area contributed by atoms with Crippen LogP contribution in [0.15, 0.2) is 54.7 Å². The first kappa shape index (κ1) is 13.7. The third-order valence-electron chi connectivity index (χ3n) is 5.13. The number of benzene rings is 2. The summed E-state index contributed by atoms with van der Waals surface area (Å²) in [5.74, 6) is 2.18. The Bertz CT molecular complexity index is 938. The van der Waals surface area contributed by atoms with E-state index in [9.17, 15) is 0 Å². The molecule has 0 spiro atoms. The lowest BCUT2D eigenvalue weighted by atomic mass is 9.83. The lowest BCUT2D eigenvalue weighted by Crippen LogP contribution is -2.02. The summed E-state index contributed by atoms with van der Waals surface area (Å²) < 4.78 is 11.0. The van der Waals surface area contributed by atoms with Crippen LogP contribution in [0.5, 0.6) is 11.5 Å². The molecule has 0 saturated carbocycles. The fourth-order valence-electron chi connectivity index (χ4n) is 3.90. The molecule has 0 radical (unpaired) electrons. The van der Waals surface area contributed by atoms with Crippen LogP contribution in [0.2, 0.25) is 0 Å². The van der Waals surface area contributed by atoms with E-state index in [0.717, 1.165) is 17.9 Å². The van der Waals surface area contributed by atoms with Crippen molar-refractivity contribution in [2.45, 2.75) is 25.2 Å². The van der Waals surface area contributed by atoms with E-state index in [0.29, 0.717) is 12.7 Å². The van der Waals surface area contributed by atoms with Gasteiger partial charge >= 0.3 is 0 Å². The Balaban J connectivity index is 1.53. The van der Waals surface area contributed by atoms with Crippen molar-refractivity contribution in [3.63, 3.8) is 0 Å². The van der Waals surface area contributed by atoms with Crippen LogP contribution in [0.1, 0.15) is 36.3 Å². The SMILES string of the molecule is C1=C(c2ccc3c(c2)OCO3)CCCC1c1c[nH]c2ccccc12. The first-order chi connectivity index (χ1) is 11.9. The van der Waals surface area contributed by atoms with Gasteiger partial charge in [-0.05, 0) is 54.2 Å². The van der Waals surface area contributed by atoms with Crippen LogP contribution >= 0.6 is 0 Å². The fraction of sp³-hybridized carbons (Fsp3) is 0.238. The molecule has 2 heterocycles. The van der Waals surface area contributed by atoms with Gasteiger partial charge in [0.2, 0.25) is 6.79 Å². The smallest absolute Gasteiger partial charge is 0.231 e. The van der Waals surface area contributed by atoms with Gasteiger partial charge in [0.1, 0.15) is 0 Å². The zero-order valence-corrected chi connectivity index (χ0v) is 13.4. The van der Waals surface area contributed by atoms with Crippen molar-refractivity contribution in [3.05, 3.63) is 65.9 Å². The Morgan fingerprint density at radius 2 is 1.92 bits per heavy atom. The number of allylic oxidation sites excluding steroid dienone is 2. The molecule has 3 aromatic rings. The van der Waals surface area contributed by atoms with Crippen molar-refractivity contribution in [1.29, 1.82) is 0 Å². The minimum Gasteiger partial charge on any atom is -0.454 e. The van der Waals surface area contributed by atoms with Gasteiger partial charge in [0, 0.05) is 23.0 Å². The van der Waals surface area contributed by atoms with E-state index in [1.807, 2.05) is 6.07 Å². The number of rotatable bonds is 2. The van der Waals surface area contributed by atoms with E-state index in [2.05, 4.69) is 53.7 Å². The summed E-state index contributed by atoms with van der Waals surface area (Å²) in [4.78, 5) is 3.41. The third kappa shape index (κ3) is 2.20. The average Bonchev–Trinajstić information content (AvgIpc) is 3.28. The monoisotopic (exact) mass is 317 g/mol. The Kier molecular flexibility index (Phi) is 3.12. The van der Waals surface area contributed by atoms with E-state index in [4.69, 9.17) is 9.47 Å². The van der Waals surface area contributed by atoms with Gasteiger partial charge in [-0.15, -0.1) is 0 Å². The van der Waals surface area contributed by atoms with Crippen molar-refractivity contribution in [1.82, 2.24) is 4.98 Å². The van der Waals surface area contributed by atoms with Crippen LogP contribution in [0.4, 0.5) is 0 Å². The molecule has 24 heavy (non-hydrogen) atoms. The van der Waals surface area contributed by atoms with Gasteiger partial charge < -0.3 is 14.5 Å². The number of ether oxygens (including phenoxy) is 2. The number of nitrogens with one attached hydrogen (secondary N) is 1. The number of hydrogen-bond donors (Lipinski definition) is 1. The highest BCUT2D eigenvalue weighted by Crippen LogP contribution is 2.40. The van der Waals surface area contributed by atoms with Crippen molar-refractivity contribution < 1.29 is 9.47 Å². The number of hydrogen-bond acceptors (Lipinski definition) is 2. The highest BCUT2D eigenvalue weighted by Gasteiger charge is 2.21. The Morgan fingerprint density at radius 1 is 1.00 bits per heavy atom. The minimum absolute atomic E-state index is 0.329. The van der Waals surface area contributed by atoms with Gasteiger partial charge in [-0.1, -0.05) is 30.3 Å². The number of aromatic nitrogens is 1. The van der Waals surface area contributed by atoms with Crippen LogP contribution in [0.3, 0.4) is 0 Å². The maximum absolute atomic E-state index is 5.53. The molecule has 0 amide bonds. The zero-order chi connectivity index (χ0) is 15.9. The summed E-state index contributed by atoms with van der Waals surface area (Å²) in [5, 5.41) is 1.34. The predicted octanol–water partition coefficient (Wildman–Crippen LogP) is 5.25. The lowest BCUT2D eigenvalue weighted by molar-refractivity contribution is 0.174. The molecule has 1 N–H and O–H groups in total. The summed E-state index contributed by atoms with van der Waals surface area (Å²) in [7, 11) is 0. The number of para-hydroxylation sites is 1. The summed E-state index contributed by atoms with van der Waals surface area (Å²) in [6.07, 6.45) is 8.16. The molecule has 0 fully saturated rings. The summed E-state index contributed by atoms with van der Waals surface area (Å²) in [5.41, 5.74) is 5.29. The third-order valence-corrected chi connectivity index (χ3v) is 5.13. The number of aromatic amines is 1. The Hall–Kier alpha value is -2.68. The van der Waals surface area contributed by atoms with E-state index < -0.39 is 0 Å². The van der Waals surface area contributed by atoms with Gasteiger partial charge in [0.25, 0.3) is 0 Å². The first-order valence-electron chi connectivity index (χ1n) is 8.55. The second-order valence-corrected chi connectivity index (χ2v) is 6.55. The van der Waals surface area contributed by atoms with Crippen molar-refractivity contribution in [3.8, 4) is 11.5 Å². The normalized spacial score (nSPS) is 19.5. The van der Waals surface area contributed by atoms with Crippen LogP contribution in [0, 0.1) is 0 Å². The van der Waals surface area contributed by atoms with E-state index in [1.54, 1.807) is 0 Å². The summed E-state index contributed by atoms with van der Waals surface area (Å²) >= 11 is 0. The molecule has 1 aliphatic heterocycles. The largest absolute Gasteiger partial charge is 0.454 e. The average molecular weight is 317 g/mol. The number of fused-ring (bicyclic) bond motifs is 2. The highest BCUT2D eigenvalue weighted by atomic mass is 16.7. The molecule has 1 aliphatic carbocycles. The van der Waals surface area contributed by atoms with Crippen molar-refractivity contribution in [2.75, 3.05) is 6.79 Å². The molecule has 5 rings (SSSR count). The maximum Gasteiger partial charge on any atom is 0.231 e. The summed E-state index contributed by atoms with van der Waals surface area (Å²) in [6.45, 7) is 0.329. The van der Waals surface area contributed by atoms with Crippen molar-refractivity contribution >= 4 is 16.5 Å². The molecule has 2 aromatic carbocycles. The molecule has 120 valence electrons. The van der Waals surface area contributed by atoms with Gasteiger partial charge in [0.15, 0.2) is 11.5 Å². The van der Waals surface area contributed by atoms with Crippen LogP contribution < -0.4 is 9.47 Å². The minimum atomic E-state index is 0.329. The molecule has 0 saturated heterocycles. The van der Waals surface area contributed by atoms with Gasteiger partial charge in [-0.2, -0.15) is 0 Å². The molecule has 3 heteroatoms. The topological polar surface area (TPSA) is 34.2 Å². The molecular weight excluding hydrogens is 298 g/mol. The second kappa shape index (κ2) is 5.45. The molecule has 1 unspecified atom stereocenters. The number of H-pyrrole nitrogens is 1. The fourth-order valence-corrected chi connectivity index (χ4v) is 3.90. The molecule has 0 bridgehead atoms.